The Morgan fingerprint density at radius 2 is 1.44 bits per heavy atom. The van der Waals surface area contributed by atoms with E-state index in [1.54, 1.807) is 14.2 Å². The van der Waals surface area contributed by atoms with Crippen LogP contribution in [0.3, 0.4) is 0 Å². The lowest BCUT2D eigenvalue weighted by atomic mass is 10.1. The zero-order valence-electron chi connectivity index (χ0n) is 20.2. The largest absolute Gasteiger partial charge is 0.497 e. The second-order valence-corrected chi connectivity index (χ2v) is 8.43. The van der Waals surface area contributed by atoms with Gasteiger partial charge in [-0.1, -0.05) is 36.4 Å². The fourth-order valence-electron chi connectivity index (χ4n) is 4.21. The molecule has 0 aliphatic carbocycles. The molecule has 1 amide bonds. The second kappa shape index (κ2) is 9.95. The van der Waals surface area contributed by atoms with E-state index >= 15 is 0 Å². The van der Waals surface area contributed by atoms with E-state index in [0.29, 0.717) is 47.6 Å². The molecule has 2 heterocycles. The summed E-state index contributed by atoms with van der Waals surface area (Å²) in [5, 5.41) is 2.98. The van der Waals surface area contributed by atoms with Gasteiger partial charge >= 0.3 is 0 Å². The molecule has 8 heteroatoms. The van der Waals surface area contributed by atoms with Crippen LogP contribution >= 0.6 is 0 Å². The molecular formula is C28H27N5O3. The normalized spacial score (nSPS) is 11.1. The van der Waals surface area contributed by atoms with Crippen molar-refractivity contribution in [2.45, 2.75) is 19.5 Å². The van der Waals surface area contributed by atoms with Crippen molar-refractivity contribution in [3.05, 3.63) is 89.5 Å². The van der Waals surface area contributed by atoms with Gasteiger partial charge in [-0.3, -0.25) is 4.79 Å². The SMILES string of the molecule is COc1ccc(CCn2c(N)c(C(=O)NCc3ccc(OC)cc3)c3nc4ccccc4nc32)cc1. The van der Waals surface area contributed by atoms with Gasteiger partial charge < -0.3 is 25.1 Å². The highest BCUT2D eigenvalue weighted by Crippen LogP contribution is 2.28. The Kier molecular flexibility index (Phi) is 6.40. The summed E-state index contributed by atoms with van der Waals surface area (Å²) in [7, 11) is 3.26. The van der Waals surface area contributed by atoms with Crippen LogP contribution in [-0.4, -0.2) is 34.7 Å². The molecule has 36 heavy (non-hydrogen) atoms. The van der Waals surface area contributed by atoms with Gasteiger partial charge in [-0.05, 0) is 53.9 Å². The van der Waals surface area contributed by atoms with E-state index in [-0.39, 0.29) is 5.91 Å². The first kappa shape index (κ1) is 23.2. The van der Waals surface area contributed by atoms with Gasteiger partial charge in [0.1, 0.15) is 28.4 Å². The molecule has 2 aromatic heterocycles. The first-order chi connectivity index (χ1) is 17.6. The lowest BCUT2D eigenvalue weighted by Gasteiger charge is -2.09. The molecule has 3 aromatic carbocycles. The minimum Gasteiger partial charge on any atom is -0.497 e. The molecule has 5 aromatic rings. The number of ether oxygens (including phenoxy) is 2. The molecule has 0 fully saturated rings. The van der Waals surface area contributed by atoms with Gasteiger partial charge in [-0.2, -0.15) is 0 Å². The number of nitrogens with zero attached hydrogens (tertiary/aromatic N) is 3. The third-order valence-corrected chi connectivity index (χ3v) is 6.21. The molecule has 5 rings (SSSR count). The van der Waals surface area contributed by atoms with E-state index in [2.05, 4.69) is 5.32 Å². The van der Waals surface area contributed by atoms with Crippen LogP contribution in [-0.2, 0) is 19.5 Å². The molecule has 0 saturated heterocycles. The smallest absolute Gasteiger partial charge is 0.257 e. The monoisotopic (exact) mass is 481 g/mol. The van der Waals surface area contributed by atoms with Gasteiger partial charge in [-0.25, -0.2) is 9.97 Å². The van der Waals surface area contributed by atoms with Crippen molar-refractivity contribution in [2.24, 2.45) is 0 Å². The molecular weight excluding hydrogens is 454 g/mol. The third-order valence-electron chi connectivity index (χ3n) is 6.21. The van der Waals surface area contributed by atoms with Crippen LogP contribution in [0.4, 0.5) is 5.82 Å². The lowest BCUT2D eigenvalue weighted by molar-refractivity contribution is 0.0953. The molecule has 0 atom stereocenters. The molecule has 0 saturated carbocycles. The number of amides is 1. The van der Waals surface area contributed by atoms with Crippen LogP contribution in [0.1, 0.15) is 21.5 Å². The quantitative estimate of drug-likeness (QED) is 0.341. The predicted molar refractivity (Wildman–Crippen MR) is 140 cm³/mol. The van der Waals surface area contributed by atoms with E-state index in [0.717, 1.165) is 28.1 Å². The van der Waals surface area contributed by atoms with Gasteiger partial charge in [0.25, 0.3) is 5.91 Å². The minimum absolute atomic E-state index is 0.291. The lowest BCUT2D eigenvalue weighted by Crippen LogP contribution is -2.24. The average Bonchev–Trinajstić information content (AvgIpc) is 3.19. The summed E-state index contributed by atoms with van der Waals surface area (Å²) >= 11 is 0. The molecule has 0 aliphatic heterocycles. The third kappa shape index (κ3) is 4.53. The number of rotatable bonds is 8. The predicted octanol–water partition coefficient (Wildman–Crippen LogP) is 4.36. The first-order valence-electron chi connectivity index (χ1n) is 11.7. The number of aryl methyl sites for hydroxylation is 2. The minimum atomic E-state index is -0.291. The van der Waals surface area contributed by atoms with Crippen LogP contribution in [0, 0.1) is 0 Å². The number of methoxy groups -OCH3 is 2. The van der Waals surface area contributed by atoms with Crippen molar-refractivity contribution in [3.63, 3.8) is 0 Å². The maximum atomic E-state index is 13.4. The molecule has 0 spiro atoms. The Balaban J connectivity index is 1.48. The van der Waals surface area contributed by atoms with E-state index in [1.165, 1.54) is 0 Å². The van der Waals surface area contributed by atoms with Gasteiger partial charge in [0, 0.05) is 13.1 Å². The summed E-state index contributed by atoms with van der Waals surface area (Å²) in [6.07, 6.45) is 0.708. The maximum absolute atomic E-state index is 13.4. The van der Waals surface area contributed by atoms with Crippen molar-refractivity contribution < 1.29 is 14.3 Å². The number of carbonyl (C=O) groups excluding carboxylic acids is 1. The highest BCUT2D eigenvalue weighted by molar-refractivity contribution is 6.10. The number of nitrogens with one attached hydrogen (secondary N) is 1. The van der Waals surface area contributed by atoms with E-state index < -0.39 is 0 Å². The number of benzene rings is 3. The average molecular weight is 482 g/mol. The number of aromatic nitrogens is 3. The first-order valence-corrected chi connectivity index (χ1v) is 11.7. The Hall–Kier alpha value is -4.59. The number of hydrogen-bond donors (Lipinski definition) is 2. The maximum Gasteiger partial charge on any atom is 0.257 e. The molecule has 182 valence electrons. The molecule has 0 bridgehead atoms. The number of hydrogen-bond acceptors (Lipinski definition) is 6. The molecule has 0 radical (unpaired) electrons. The summed E-state index contributed by atoms with van der Waals surface area (Å²) < 4.78 is 12.3. The number of nitrogens with two attached hydrogens (primary N) is 1. The van der Waals surface area contributed by atoms with Crippen LogP contribution in [0.25, 0.3) is 22.2 Å². The van der Waals surface area contributed by atoms with Gasteiger partial charge in [0.2, 0.25) is 0 Å². The van der Waals surface area contributed by atoms with Gasteiger partial charge in [0.05, 0.1) is 25.3 Å². The van der Waals surface area contributed by atoms with E-state index in [4.69, 9.17) is 25.2 Å². The Bertz CT molecular complexity index is 1530. The number of nitrogen functional groups attached to an aromatic ring is 1. The van der Waals surface area contributed by atoms with Crippen molar-refractivity contribution in [2.75, 3.05) is 20.0 Å². The zero-order chi connectivity index (χ0) is 25.1. The van der Waals surface area contributed by atoms with Crippen LogP contribution < -0.4 is 20.5 Å². The van der Waals surface area contributed by atoms with Crippen molar-refractivity contribution in [1.82, 2.24) is 19.9 Å². The van der Waals surface area contributed by atoms with Crippen LogP contribution in [0.5, 0.6) is 11.5 Å². The summed E-state index contributed by atoms with van der Waals surface area (Å²) in [5.41, 5.74) is 11.5. The molecule has 0 aliphatic rings. The summed E-state index contributed by atoms with van der Waals surface area (Å²) in [5.74, 6) is 1.62. The van der Waals surface area contributed by atoms with E-state index in [9.17, 15) is 4.79 Å². The van der Waals surface area contributed by atoms with E-state index in [1.807, 2.05) is 77.4 Å². The molecule has 0 unspecified atom stereocenters. The molecule has 8 nitrogen and oxygen atoms in total. The Morgan fingerprint density at radius 1 is 0.861 bits per heavy atom. The fourth-order valence-corrected chi connectivity index (χ4v) is 4.21. The van der Waals surface area contributed by atoms with Crippen LogP contribution in [0.2, 0.25) is 0 Å². The highest BCUT2D eigenvalue weighted by Gasteiger charge is 2.24. The number of anilines is 1. The van der Waals surface area contributed by atoms with Crippen molar-refractivity contribution in [1.29, 1.82) is 0 Å². The Morgan fingerprint density at radius 3 is 2.06 bits per heavy atom. The Labute approximate surface area is 208 Å². The van der Waals surface area contributed by atoms with Crippen molar-refractivity contribution >= 4 is 33.9 Å². The summed E-state index contributed by atoms with van der Waals surface area (Å²) in [6.45, 7) is 0.898. The standard InChI is InChI=1S/C28H27N5O3/c1-35-20-11-7-18(8-12-20)15-16-33-26(29)24(25-27(33)32-23-6-4-3-5-22(23)31-25)28(34)30-17-19-9-13-21(36-2)14-10-19/h3-14H,15-17,29H2,1-2H3,(H,30,34). The van der Waals surface area contributed by atoms with Gasteiger partial charge in [0.15, 0.2) is 5.65 Å². The topological polar surface area (TPSA) is 104 Å². The molecule has 3 N–H and O–H groups in total. The number of carbonyl (C=O) groups is 1. The number of para-hydroxylation sites is 2. The fraction of sp³-hybridized carbons (Fsp3) is 0.179. The zero-order valence-corrected chi connectivity index (χ0v) is 20.2. The van der Waals surface area contributed by atoms with Crippen molar-refractivity contribution in [3.8, 4) is 11.5 Å². The second-order valence-electron chi connectivity index (χ2n) is 8.43. The van der Waals surface area contributed by atoms with Crippen LogP contribution in [0.15, 0.2) is 72.8 Å². The summed E-state index contributed by atoms with van der Waals surface area (Å²) in [6, 6.07) is 23.0. The summed E-state index contributed by atoms with van der Waals surface area (Å²) in [4.78, 5) is 23.0. The van der Waals surface area contributed by atoms with Gasteiger partial charge in [-0.15, -0.1) is 0 Å². The highest BCUT2D eigenvalue weighted by atomic mass is 16.5. The number of fused-ring (bicyclic) bond motifs is 2.